The predicted octanol–water partition coefficient (Wildman–Crippen LogP) is 4.00. The van der Waals surface area contributed by atoms with Gasteiger partial charge in [-0.1, -0.05) is 55.8 Å². The molecular weight excluding hydrogens is 570 g/mol. The zero-order valence-corrected chi connectivity index (χ0v) is 25.9. The number of hydrogen-bond acceptors (Lipinski definition) is 8. The van der Waals surface area contributed by atoms with Gasteiger partial charge >= 0.3 is 0 Å². The van der Waals surface area contributed by atoms with E-state index in [1.807, 2.05) is 49.4 Å². The minimum Gasteiger partial charge on any atom is -0.399 e. The lowest BCUT2D eigenvalue weighted by Crippen LogP contribution is -2.63. The molecule has 45 heavy (non-hydrogen) atoms. The smallest absolute Gasteiger partial charge is 0.193 e. The van der Waals surface area contributed by atoms with E-state index >= 15 is 0 Å². The topological polar surface area (TPSA) is 139 Å². The van der Waals surface area contributed by atoms with Gasteiger partial charge in [0.25, 0.3) is 0 Å². The molecule has 1 aliphatic heterocycles. The van der Waals surface area contributed by atoms with E-state index in [0.29, 0.717) is 31.4 Å². The van der Waals surface area contributed by atoms with Gasteiger partial charge in [-0.15, -0.1) is 0 Å². The van der Waals surface area contributed by atoms with E-state index in [-0.39, 0.29) is 30.1 Å². The lowest BCUT2D eigenvalue weighted by atomic mass is 9.46. The number of Topliss-reactive ketones (excluding diaryl/α,β-unsaturated/α-hetero) is 1. The normalized spacial score (nSPS) is 38.2. The number of nitrogen functional groups attached to an aromatic ring is 1. The van der Waals surface area contributed by atoms with Gasteiger partial charge in [0, 0.05) is 34.6 Å². The van der Waals surface area contributed by atoms with Crippen molar-refractivity contribution < 1.29 is 34.4 Å². The second kappa shape index (κ2) is 11.0. The van der Waals surface area contributed by atoms with Crippen LogP contribution in [0.5, 0.6) is 0 Å². The third kappa shape index (κ3) is 4.60. The van der Waals surface area contributed by atoms with Gasteiger partial charge in [-0.05, 0) is 91.3 Å². The molecule has 0 aromatic heterocycles. The summed E-state index contributed by atoms with van der Waals surface area (Å²) in [4.78, 5) is 26.0. The van der Waals surface area contributed by atoms with E-state index in [1.165, 1.54) is 0 Å². The maximum atomic E-state index is 13.8. The van der Waals surface area contributed by atoms with Gasteiger partial charge in [-0.3, -0.25) is 9.59 Å². The number of benzene rings is 2. The number of carbonyl (C=O) groups is 2. The Labute approximate surface area is 263 Å². The second-order valence-corrected chi connectivity index (χ2v) is 14.3. The van der Waals surface area contributed by atoms with Crippen LogP contribution < -0.4 is 5.73 Å². The van der Waals surface area contributed by atoms with Gasteiger partial charge < -0.3 is 30.5 Å². The first kappa shape index (κ1) is 30.5. The third-order valence-electron chi connectivity index (χ3n) is 11.9. The Bertz CT molecular complexity index is 1580. The lowest BCUT2D eigenvalue weighted by Gasteiger charge is -2.59. The summed E-state index contributed by atoms with van der Waals surface area (Å²) >= 11 is 0. The first-order valence-electron chi connectivity index (χ1n) is 16.2. The van der Waals surface area contributed by atoms with Crippen molar-refractivity contribution in [1.29, 1.82) is 0 Å². The standard InChI is InChI=1S/C37H43NO7/c1-35-11-9-27(41)17-25(35)7-8-28-29-18-32-37(31(43)20-40,36(29,2)19-30(42)33(28)35)45-34(44-32)24-5-3-21(4-6-24)13-23-14-22(10-12-39)15-26(38)16-23/h3-6,9,11,14-17,28-30,32-34,39-40,42H,7-8,10,12-13,18-20,38H2,1-2H3/t28-,29-,30-,32+,33+,34+,35-,36-,37+/m0/s1. The number of ether oxygens (including phenoxy) is 2. The number of aliphatic hydroxyl groups is 3. The fraction of sp³-hybridized carbons (Fsp3) is 0.514. The number of carbonyl (C=O) groups excluding carboxylic acids is 2. The fourth-order valence-electron chi connectivity index (χ4n) is 10.0. The van der Waals surface area contributed by atoms with Crippen LogP contribution in [-0.4, -0.2) is 57.9 Å². The molecule has 2 aromatic rings. The van der Waals surface area contributed by atoms with Gasteiger partial charge in [0.2, 0.25) is 0 Å². The molecule has 0 amide bonds. The molecule has 7 rings (SSSR count). The molecule has 2 aromatic carbocycles. The average molecular weight is 614 g/mol. The highest BCUT2D eigenvalue weighted by atomic mass is 16.7. The van der Waals surface area contributed by atoms with E-state index in [0.717, 1.165) is 40.7 Å². The number of hydrogen-bond donors (Lipinski definition) is 4. The minimum absolute atomic E-state index is 0.00298. The summed E-state index contributed by atoms with van der Waals surface area (Å²) in [6, 6.07) is 13.8. The molecule has 5 aliphatic rings. The first-order chi connectivity index (χ1) is 21.5. The number of ketones is 2. The Morgan fingerprint density at radius 2 is 1.82 bits per heavy atom. The largest absolute Gasteiger partial charge is 0.399 e. The molecule has 5 N–H and O–H groups in total. The van der Waals surface area contributed by atoms with Gasteiger partial charge in [0.15, 0.2) is 23.5 Å². The molecule has 1 saturated heterocycles. The Morgan fingerprint density at radius 3 is 2.56 bits per heavy atom. The van der Waals surface area contributed by atoms with Crippen LogP contribution in [-0.2, 0) is 31.9 Å². The van der Waals surface area contributed by atoms with Crippen LogP contribution in [0.25, 0.3) is 0 Å². The molecule has 9 atom stereocenters. The van der Waals surface area contributed by atoms with E-state index in [4.69, 9.17) is 15.2 Å². The van der Waals surface area contributed by atoms with Gasteiger partial charge in [-0.2, -0.15) is 0 Å². The SMILES string of the molecule is C[C@]12C=CC(=O)C=C1CC[C@@H]1[C@@H]2[C@@H](O)C[C@@]2(C)[C@H]1C[C@H]1O[C@@H](c3ccc(Cc4cc(N)cc(CCO)c4)cc3)O[C@]12C(=O)CO. The summed E-state index contributed by atoms with van der Waals surface area (Å²) < 4.78 is 13.3. The van der Waals surface area contributed by atoms with Gasteiger partial charge in [0.05, 0.1) is 12.2 Å². The molecule has 0 radical (unpaired) electrons. The monoisotopic (exact) mass is 613 g/mol. The summed E-state index contributed by atoms with van der Waals surface area (Å²) in [6.07, 6.45) is 7.07. The molecular formula is C37H43NO7. The summed E-state index contributed by atoms with van der Waals surface area (Å²) in [5.41, 5.74) is 9.23. The van der Waals surface area contributed by atoms with E-state index in [2.05, 4.69) is 13.0 Å². The third-order valence-corrected chi connectivity index (χ3v) is 11.9. The van der Waals surface area contributed by atoms with Crippen molar-refractivity contribution in [2.45, 2.75) is 76.5 Å². The van der Waals surface area contributed by atoms with Gasteiger partial charge in [-0.25, -0.2) is 0 Å². The summed E-state index contributed by atoms with van der Waals surface area (Å²) in [5, 5.41) is 31.4. The average Bonchev–Trinajstić information content (AvgIpc) is 3.50. The van der Waals surface area contributed by atoms with Crippen LogP contribution in [0.2, 0.25) is 0 Å². The van der Waals surface area contributed by atoms with Gasteiger partial charge in [0.1, 0.15) is 6.61 Å². The molecule has 3 saturated carbocycles. The molecule has 8 nitrogen and oxygen atoms in total. The van der Waals surface area contributed by atoms with Crippen molar-refractivity contribution in [3.63, 3.8) is 0 Å². The van der Waals surface area contributed by atoms with Crippen LogP contribution in [0.15, 0.2) is 66.3 Å². The molecule has 4 aliphatic carbocycles. The number of anilines is 1. The quantitative estimate of drug-likeness (QED) is 0.344. The predicted molar refractivity (Wildman–Crippen MR) is 168 cm³/mol. The van der Waals surface area contributed by atoms with E-state index < -0.39 is 47.3 Å². The highest BCUT2D eigenvalue weighted by Gasteiger charge is 2.75. The molecule has 0 spiro atoms. The minimum atomic E-state index is -1.37. The summed E-state index contributed by atoms with van der Waals surface area (Å²) in [7, 11) is 0. The zero-order valence-electron chi connectivity index (χ0n) is 25.9. The van der Waals surface area contributed by atoms with Crippen molar-refractivity contribution in [3.05, 3.63) is 88.5 Å². The molecule has 1 heterocycles. The summed E-state index contributed by atoms with van der Waals surface area (Å²) in [5.74, 6) is -0.316. The molecule has 8 heteroatoms. The van der Waals surface area contributed by atoms with Crippen LogP contribution in [0.4, 0.5) is 5.69 Å². The van der Waals surface area contributed by atoms with Crippen molar-refractivity contribution >= 4 is 17.3 Å². The van der Waals surface area contributed by atoms with E-state index in [9.17, 15) is 24.9 Å². The van der Waals surface area contributed by atoms with Crippen molar-refractivity contribution in [2.24, 2.45) is 28.6 Å². The second-order valence-electron chi connectivity index (χ2n) is 14.3. The zero-order chi connectivity index (χ0) is 31.7. The maximum Gasteiger partial charge on any atom is 0.193 e. The molecule has 0 unspecified atom stereocenters. The number of nitrogens with two attached hydrogens (primary N) is 1. The Hall–Kier alpha value is -3.14. The maximum absolute atomic E-state index is 13.8. The number of fused-ring (bicyclic) bond motifs is 7. The highest BCUT2D eigenvalue weighted by Crippen LogP contribution is 2.70. The Kier molecular flexibility index (Phi) is 7.45. The number of rotatable bonds is 7. The van der Waals surface area contributed by atoms with Crippen LogP contribution >= 0.6 is 0 Å². The highest BCUT2D eigenvalue weighted by molar-refractivity contribution is 6.01. The summed E-state index contributed by atoms with van der Waals surface area (Å²) in [6.45, 7) is 3.58. The first-order valence-corrected chi connectivity index (χ1v) is 16.2. The van der Waals surface area contributed by atoms with E-state index in [1.54, 1.807) is 12.2 Å². The van der Waals surface area contributed by atoms with Crippen LogP contribution in [0, 0.1) is 28.6 Å². The van der Waals surface area contributed by atoms with Crippen LogP contribution in [0.1, 0.15) is 68.1 Å². The number of aliphatic hydroxyl groups excluding tert-OH is 3. The molecule has 4 fully saturated rings. The van der Waals surface area contributed by atoms with Crippen molar-refractivity contribution in [2.75, 3.05) is 18.9 Å². The molecule has 0 bridgehead atoms. The lowest BCUT2D eigenvalue weighted by molar-refractivity contribution is -0.201. The van der Waals surface area contributed by atoms with Crippen molar-refractivity contribution in [1.82, 2.24) is 0 Å². The Balaban J connectivity index is 1.15. The molecule has 238 valence electrons. The number of allylic oxidation sites excluding steroid dienone is 4. The Morgan fingerprint density at radius 1 is 1.07 bits per heavy atom. The fourth-order valence-corrected chi connectivity index (χ4v) is 10.0. The van der Waals surface area contributed by atoms with Crippen molar-refractivity contribution in [3.8, 4) is 0 Å². The van der Waals surface area contributed by atoms with Crippen LogP contribution in [0.3, 0.4) is 0 Å².